The smallest absolute Gasteiger partial charge is 0.260 e. The first kappa shape index (κ1) is 12.0. The van der Waals surface area contributed by atoms with Crippen molar-refractivity contribution < 1.29 is 4.79 Å². The number of carbonyl (C=O) groups excluding carboxylic acids is 1. The van der Waals surface area contributed by atoms with Crippen LogP contribution in [-0.2, 0) is 0 Å². The van der Waals surface area contributed by atoms with E-state index in [9.17, 15) is 4.79 Å². The second-order valence-corrected chi connectivity index (χ2v) is 3.85. The average Bonchev–Trinajstić information content (AvgIpc) is 2.34. The normalized spacial score (nSPS) is 10.1. The van der Waals surface area contributed by atoms with Crippen LogP contribution in [0.5, 0.6) is 0 Å². The molecule has 1 amide bonds. The molecule has 0 aliphatic carbocycles. The highest BCUT2D eigenvalue weighted by Gasteiger charge is 2.11. The van der Waals surface area contributed by atoms with Gasteiger partial charge in [0.05, 0.1) is 17.0 Å². The maximum Gasteiger partial charge on any atom is 0.260 e. The minimum Gasteiger partial charge on any atom is -0.398 e. The molecule has 1 aromatic heterocycles. The van der Waals surface area contributed by atoms with Gasteiger partial charge in [0.15, 0.2) is 0 Å². The second kappa shape index (κ2) is 4.79. The summed E-state index contributed by atoms with van der Waals surface area (Å²) in [4.78, 5) is 16.1. The van der Waals surface area contributed by atoms with Crippen LogP contribution in [0.2, 0.25) is 0 Å². The van der Waals surface area contributed by atoms with Crippen molar-refractivity contribution in [3.05, 3.63) is 41.2 Å². The summed E-state index contributed by atoms with van der Waals surface area (Å²) in [6.45, 7) is 3.60. The van der Waals surface area contributed by atoms with E-state index in [1.807, 2.05) is 0 Å². The molecule has 2 aromatic rings. The Morgan fingerprint density at radius 3 is 2.56 bits per heavy atom. The number of nitrogens with one attached hydrogen (secondary N) is 1. The summed E-state index contributed by atoms with van der Waals surface area (Å²) in [6, 6.07) is 6.80. The molecule has 1 aromatic carbocycles. The molecule has 3 N–H and O–H groups in total. The zero-order chi connectivity index (χ0) is 13.1. The van der Waals surface area contributed by atoms with Gasteiger partial charge in [0.2, 0.25) is 5.95 Å². The molecule has 0 radical (unpaired) electrons. The number of amides is 1. The molecule has 0 bridgehead atoms. The molecule has 0 saturated heterocycles. The van der Waals surface area contributed by atoms with E-state index in [0.29, 0.717) is 11.3 Å². The number of nitrogens with two attached hydrogens (primary N) is 1. The molecule has 0 aliphatic rings. The molecule has 0 saturated carbocycles. The molecule has 0 unspecified atom stereocenters. The van der Waals surface area contributed by atoms with Crippen LogP contribution in [0.3, 0.4) is 0 Å². The third kappa shape index (κ3) is 2.42. The molecule has 18 heavy (non-hydrogen) atoms. The first-order valence-electron chi connectivity index (χ1n) is 5.41. The standard InChI is InChI=1S/C12H13N5O/c1-7-8(2)16-17-12(14-7)15-11(18)9-5-3-4-6-10(9)13/h3-6H,13H2,1-2H3,(H,14,15,17,18). The molecule has 0 fully saturated rings. The predicted octanol–water partition coefficient (Wildman–Crippen LogP) is 1.32. The highest BCUT2D eigenvalue weighted by atomic mass is 16.1. The largest absolute Gasteiger partial charge is 0.398 e. The molecule has 1 heterocycles. The number of aromatic nitrogens is 3. The maximum absolute atomic E-state index is 11.9. The molecule has 0 spiro atoms. The fourth-order valence-electron chi connectivity index (χ4n) is 1.38. The number of benzene rings is 1. The number of hydrogen-bond acceptors (Lipinski definition) is 5. The van der Waals surface area contributed by atoms with Gasteiger partial charge in [-0.15, -0.1) is 5.10 Å². The van der Waals surface area contributed by atoms with Gasteiger partial charge in [-0.25, -0.2) is 4.98 Å². The van der Waals surface area contributed by atoms with Gasteiger partial charge >= 0.3 is 0 Å². The maximum atomic E-state index is 11.9. The van der Waals surface area contributed by atoms with Crippen molar-refractivity contribution in [2.24, 2.45) is 0 Å². The van der Waals surface area contributed by atoms with Crippen LogP contribution in [0.4, 0.5) is 11.6 Å². The molecular weight excluding hydrogens is 230 g/mol. The predicted molar refractivity (Wildman–Crippen MR) is 68.1 cm³/mol. The SMILES string of the molecule is Cc1nnc(NC(=O)c2ccccc2N)nc1C. The lowest BCUT2D eigenvalue weighted by Crippen LogP contribution is -2.17. The summed E-state index contributed by atoms with van der Waals surface area (Å²) >= 11 is 0. The number of aryl methyl sites for hydroxylation is 2. The lowest BCUT2D eigenvalue weighted by Gasteiger charge is -2.06. The number of hydrogen-bond donors (Lipinski definition) is 2. The van der Waals surface area contributed by atoms with E-state index >= 15 is 0 Å². The Morgan fingerprint density at radius 1 is 1.17 bits per heavy atom. The van der Waals surface area contributed by atoms with Crippen molar-refractivity contribution in [1.82, 2.24) is 15.2 Å². The minimum absolute atomic E-state index is 0.173. The molecular formula is C12H13N5O. The Balaban J connectivity index is 2.22. The number of anilines is 2. The quantitative estimate of drug-likeness (QED) is 0.776. The highest BCUT2D eigenvalue weighted by Crippen LogP contribution is 2.12. The van der Waals surface area contributed by atoms with Crippen LogP contribution in [0, 0.1) is 13.8 Å². The number of para-hydroxylation sites is 1. The molecule has 0 aliphatic heterocycles. The molecule has 2 rings (SSSR count). The van der Waals surface area contributed by atoms with Crippen molar-refractivity contribution in [2.45, 2.75) is 13.8 Å². The first-order valence-corrected chi connectivity index (χ1v) is 5.41. The van der Waals surface area contributed by atoms with E-state index in [1.54, 1.807) is 38.1 Å². The van der Waals surface area contributed by atoms with Gasteiger partial charge in [-0.3, -0.25) is 10.1 Å². The van der Waals surface area contributed by atoms with E-state index < -0.39 is 0 Å². The number of nitrogen functional groups attached to an aromatic ring is 1. The minimum atomic E-state index is -0.349. The summed E-state index contributed by atoms with van der Waals surface area (Å²) in [7, 11) is 0. The second-order valence-electron chi connectivity index (χ2n) is 3.85. The van der Waals surface area contributed by atoms with Crippen LogP contribution in [0.1, 0.15) is 21.7 Å². The van der Waals surface area contributed by atoms with E-state index in [2.05, 4.69) is 20.5 Å². The van der Waals surface area contributed by atoms with Crippen molar-refractivity contribution in [1.29, 1.82) is 0 Å². The fourth-order valence-corrected chi connectivity index (χ4v) is 1.38. The van der Waals surface area contributed by atoms with E-state index in [0.717, 1.165) is 11.4 Å². The summed E-state index contributed by atoms with van der Waals surface area (Å²) in [5, 5.41) is 10.3. The lowest BCUT2D eigenvalue weighted by atomic mass is 10.2. The first-order chi connectivity index (χ1) is 8.58. The molecule has 6 nitrogen and oxygen atoms in total. The van der Waals surface area contributed by atoms with Crippen molar-refractivity contribution in [3.8, 4) is 0 Å². The van der Waals surface area contributed by atoms with Crippen LogP contribution >= 0.6 is 0 Å². The Bertz CT molecular complexity index is 597. The van der Waals surface area contributed by atoms with Gasteiger partial charge in [0.25, 0.3) is 5.91 Å². The third-order valence-corrected chi connectivity index (χ3v) is 2.52. The Hall–Kier alpha value is -2.50. The van der Waals surface area contributed by atoms with E-state index in [-0.39, 0.29) is 11.9 Å². The Kier molecular flexibility index (Phi) is 3.18. The average molecular weight is 243 g/mol. The van der Waals surface area contributed by atoms with Crippen LogP contribution in [0.25, 0.3) is 0 Å². The third-order valence-electron chi connectivity index (χ3n) is 2.52. The van der Waals surface area contributed by atoms with Crippen molar-refractivity contribution in [3.63, 3.8) is 0 Å². The van der Waals surface area contributed by atoms with Crippen LogP contribution in [0.15, 0.2) is 24.3 Å². The van der Waals surface area contributed by atoms with Gasteiger partial charge in [-0.2, -0.15) is 5.10 Å². The number of nitrogens with zero attached hydrogens (tertiary/aromatic N) is 3. The Labute approximate surface area is 104 Å². The zero-order valence-corrected chi connectivity index (χ0v) is 10.1. The fraction of sp³-hybridized carbons (Fsp3) is 0.167. The van der Waals surface area contributed by atoms with Gasteiger partial charge in [0, 0.05) is 5.69 Å². The zero-order valence-electron chi connectivity index (χ0n) is 10.1. The van der Waals surface area contributed by atoms with E-state index in [1.165, 1.54) is 0 Å². The van der Waals surface area contributed by atoms with Crippen molar-refractivity contribution >= 4 is 17.5 Å². The summed E-state index contributed by atoms with van der Waals surface area (Å²) in [5.74, 6) is -0.176. The van der Waals surface area contributed by atoms with Gasteiger partial charge in [-0.1, -0.05) is 12.1 Å². The molecule has 92 valence electrons. The monoisotopic (exact) mass is 243 g/mol. The lowest BCUT2D eigenvalue weighted by molar-refractivity contribution is 0.102. The summed E-state index contributed by atoms with van der Waals surface area (Å²) in [5.41, 5.74) is 7.96. The van der Waals surface area contributed by atoms with Crippen LogP contribution < -0.4 is 11.1 Å². The topological polar surface area (TPSA) is 93.8 Å². The van der Waals surface area contributed by atoms with Gasteiger partial charge in [0.1, 0.15) is 0 Å². The van der Waals surface area contributed by atoms with E-state index in [4.69, 9.17) is 5.73 Å². The Morgan fingerprint density at radius 2 is 1.89 bits per heavy atom. The summed E-state index contributed by atoms with van der Waals surface area (Å²) in [6.07, 6.45) is 0. The number of carbonyl (C=O) groups is 1. The van der Waals surface area contributed by atoms with Crippen molar-refractivity contribution in [2.75, 3.05) is 11.1 Å². The molecule has 0 atom stereocenters. The molecule has 6 heteroatoms. The van der Waals surface area contributed by atoms with Gasteiger partial charge < -0.3 is 5.73 Å². The highest BCUT2D eigenvalue weighted by molar-refractivity contribution is 6.06. The number of rotatable bonds is 2. The summed E-state index contributed by atoms with van der Waals surface area (Å²) < 4.78 is 0. The van der Waals surface area contributed by atoms with Crippen LogP contribution in [-0.4, -0.2) is 21.1 Å². The van der Waals surface area contributed by atoms with Gasteiger partial charge in [-0.05, 0) is 26.0 Å².